The highest BCUT2D eigenvalue weighted by Crippen LogP contribution is 2.31. The Morgan fingerprint density at radius 3 is 2.73 bits per heavy atom. The van der Waals surface area contributed by atoms with Gasteiger partial charge in [0, 0.05) is 30.1 Å². The molecule has 0 saturated heterocycles. The van der Waals surface area contributed by atoms with Crippen molar-refractivity contribution in [2.24, 2.45) is 0 Å². The molecule has 1 aliphatic heterocycles. The van der Waals surface area contributed by atoms with Crippen LogP contribution in [0.1, 0.15) is 23.6 Å². The lowest BCUT2D eigenvalue weighted by molar-refractivity contribution is -0.384. The normalized spacial score (nSPS) is 16.2. The molecule has 0 spiro atoms. The third kappa shape index (κ3) is 2.64. The van der Waals surface area contributed by atoms with Crippen LogP contribution in [0.15, 0.2) is 48.5 Å². The second-order valence-corrected chi connectivity index (χ2v) is 6.55. The van der Waals surface area contributed by atoms with Gasteiger partial charge in [0.2, 0.25) is 0 Å². The van der Waals surface area contributed by atoms with Crippen molar-refractivity contribution >= 4 is 22.4 Å². The van der Waals surface area contributed by atoms with Gasteiger partial charge in [-0.05, 0) is 36.6 Å². The minimum absolute atomic E-state index is 0.0381. The summed E-state index contributed by atoms with van der Waals surface area (Å²) in [5.41, 5.74) is 3.56. The topological polar surface area (TPSA) is 83.1 Å². The van der Waals surface area contributed by atoms with Gasteiger partial charge in [-0.3, -0.25) is 10.1 Å². The van der Waals surface area contributed by atoms with Gasteiger partial charge in [0.05, 0.1) is 22.1 Å². The van der Waals surface area contributed by atoms with Crippen molar-refractivity contribution in [2.45, 2.75) is 25.9 Å². The summed E-state index contributed by atoms with van der Waals surface area (Å²) in [7, 11) is 0. The van der Waals surface area contributed by atoms with E-state index in [0.717, 1.165) is 18.8 Å². The van der Waals surface area contributed by atoms with E-state index in [1.165, 1.54) is 23.3 Å². The Morgan fingerprint density at radius 2 is 2.00 bits per heavy atom. The molecular formula is C20H16N4O2. The number of nitro groups is 1. The van der Waals surface area contributed by atoms with Gasteiger partial charge >= 0.3 is 0 Å². The molecule has 26 heavy (non-hydrogen) atoms. The molecule has 1 unspecified atom stereocenters. The molecule has 0 amide bonds. The fraction of sp³-hybridized carbons (Fsp3) is 0.200. The monoisotopic (exact) mass is 344 g/mol. The highest BCUT2D eigenvalue weighted by molar-refractivity contribution is 5.88. The van der Waals surface area contributed by atoms with Crippen LogP contribution in [0.25, 0.3) is 10.9 Å². The number of hydrogen-bond donors (Lipinski definition) is 0. The Labute approximate surface area is 150 Å². The fourth-order valence-corrected chi connectivity index (χ4v) is 3.54. The Kier molecular flexibility index (Phi) is 3.77. The Balaban J connectivity index is 1.81. The maximum Gasteiger partial charge on any atom is 0.270 e. The molecule has 6 heteroatoms. The first kappa shape index (κ1) is 16.0. The molecule has 0 saturated carbocycles. The van der Waals surface area contributed by atoms with Gasteiger partial charge in [-0.2, -0.15) is 5.26 Å². The first-order chi connectivity index (χ1) is 12.6. The molecule has 0 bridgehead atoms. The second kappa shape index (κ2) is 6.12. The van der Waals surface area contributed by atoms with Crippen LogP contribution in [0.5, 0.6) is 0 Å². The number of nitrogens with zero attached hydrogens (tertiary/aromatic N) is 4. The lowest BCUT2D eigenvalue weighted by Crippen LogP contribution is -2.38. The molecule has 0 N–H and O–H groups in total. The summed E-state index contributed by atoms with van der Waals surface area (Å²) in [4.78, 5) is 17.4. The van der Waals surface area contributed by atoms with E-state index in [0.29, 0.717) is 16.5 Å². The predicted molar refractivity (Wildman–Crippen MR) is 98.9 cm³/mol. The van der Waals surface area contributed by atoms with Crippen LogP contribution in [0.3, 0.4) is 0 Å². The summed E-state index contributed by atoms with van der Waals surface area (Å²) >= 11 is 0. The van der Waals surface area contributed by atoms with E-state index in [1.54, 1.807) is 12.1 Å². The number of non-ortho nitro benzene ring substituents is 1. The third-order valence-corrected chi connectivity index (χ3v) is 4.91. The third-order valence-electron chi connectivity index (χ3n) is 4.91. The average Bonchev–Trinajstić information content (AvgIpc) is 2.66. The lowest BCUT2D eigenvalue weighted by atomic mass is 9.94. The molecule has 0 fully saturated rings. The maximum atomic E-state index is 11.0. The molecule has 1 aliphatic rings. The lowest BCUT2D eigenvalue weighted by Gasteiger charge is -2.36. The number of fused-ring (bicyclic) bond motifs is 2. The summed E-state index contributed by atoms with van der Waals surface area (Å²) in [5, 5.41) is 21.1. The van der Waals surface area contributed by atoms with Crippen LogP contribution >= 0.6 is 0 Å². The molecule has 1 aromatic heterocycles. The number of rotatable bonds is 2. The smallest absolute Gasteiger partial charge is 0.270 e. The zero-order valence-electron chi connectivity index (χ0n) is 14.2. The summed E-state index contributed by atoms with van der Waals surface area (Å²) in [6, 6.07) is 16.9. The van der Waals surface area contributed by atoms with E-state index in [2.05, 4.69) is 41.1 Å². The molecule has 2 heterocycles. The Morgan fingerprint density at radius 1 is 1.23 bits per heavy atom. The van der Waals surface area contributed by atoms with Crippen molar-refractivity contribution in [1.82, 2.24) is 4.98 Å². The predicted octanol–water partition coefficient (Wildman–Crippen LogP) is 3.97. The van der Waals surface area contributed by atoms with E-state index in [1.807, 2.05) is 6.07 Å². The summed E-state index contributed by atoms with van der Waals surface area (Å²) < 4.78 is 0. The number of nitriles is 1. The molecule has 4 rings (SSSR count). The molecule has 2 aromatic carbocycles. The van der Waals surface area contributed by atoms with Crippen molar-refractivity contribution in [2.75, 3.05) is 4.90 Å². The van der Waals surface area contributed by atoms with Gasteiger partial charge < -0.3 is 4.90 Å². The minimum atomic E-state index is -0.460. The Hall–Kier alpha value is -3.46. The molecule has 128 valence electrons. The number of nitro benzene ring substituents is 1. The number of benzene rings is 2. The fourth-order valence-electron chi connectivity index (χ4n) is 3.54. The standard InChI is InChI=1S/C20H16N4O2/c1-13-8-14-4-2-3-5-15(14)12-23(13)20-9-16(11-21)18-10-17(24(25)26)6-7-19(18)22-20/h2-7,9-10,13H,8,12H2,1H3. The van der Waals surface area contributed by atoms with E-state index >= 15 is 0 Å². The first-order valence-electron chi connectivity index (χ1n) is 8.39. The summed E-state index contributed by atoms with van der Waals surface area (Å²) in [6.45, 7) is 2.87. The number of anilines is 1. The highest BCUT2D eigenvalue weighted by atomic mass is 16.6. The zero-order valence-corrected chi connectivity index (χ0v) is 14.2. The SMILES string of the molecule is CC1Cc2ccccc2CN1c1cc(C#N)c2cc([N+](=O)[O-])ccc2n1. The van der Waals surface area contributed by atoms with Gasteiger partial charge in [-0.25, -0.2) is 4.98 Å². The van der Waals surface area contributed by atoms with Crippen LogP contribution < -0.4 is 4.90 Å². The molecule has 0 radical (unpaired) electrons. The van der Waals surface area contributed by atoms with Crippen LogP contribution in [0.2, 0.25) is 0 Å². The number of hydrogen-bond acceptors (Lipinski definition) is 5. The molecule has 0 aliphatic carbocycles. The zero-order chi connectivity index (χ0) is 18.3. The quantitative estimate of drug-likeness (QED) is 0.519. The number of aromatic nitrogens is 1. The second-order valence-electron chi connectivity index (χ2n) is 6.55. The van der Waals surface area contributed by atoms with Crippen LogP contribution in [-0.2, 0) is 13.0 Å². The van der Waals surface area contributed by atoms with E-state index < -0.39 is 4.92 Å². The molecule has 3 aromatic rings. The van der Waals surface area contributed by atoms with Gasteiger partial charge in [-0.15, -0.1) is 0 Å². The summed E-state index contributed by atoms with van der Waals surface area (Å²) in [6.07, 6.45) is 0.915. The summed E-state index contributed by atoms with van der Waals surface area (Å²) in [5.74, 6) is 0.727. The van der Waals surface area contributed by atoms with E-state index in [9.17, 15) is 15.4 Å². The van der Waals surface area contributed by atoms with E-state index in [4.69, 9.17) is 0 Å². The molecule has 1 atom stereocenters. The van der Waals surface area contributed by atoms with Gasteiger partial charge in [0.25, 0.3) is 5.69 Å². The van der Waals surface area contributed by atoms with Crippen molar-refractivity contribution in [3.05, 3.63) is 75.3 Å². The van der Waals surface area contributed by atoms with Crippen molar-refractivity contribution < 1.29 is 4.92 Å². The first-order valence-corrected chi connectivity index (χ1v) is 8.39. The Bertz CT molecular complexity index is 1070. The van der Waals surface area contributed by atoms with Crippen molar-refractivity contribution in [3.63, 3.8) is 0 Å². The van der Waals surface area contributed by atoms with Crippen molar-refractivity contribution in [1.29, 1.82) is 5.26 Å². The highest BCUT2D eigenvalue weighted by Gasteiger charge is 2.24. The number of pyridine rings is 1. The van der Waals surface area contributed by atoms with Crippen LogP contribution in [-0.4, -0.2) is 15.9 Å². The molecule has 6 nitrogen and oxygen atoms in total. The van der Waals surface area contributed by atoms with Gasteiger partial charge in [-0.1, -0.05) is 24.3 Å². The van der Waals surface area contributed by atoms with Crippen LogP contribution in [0, 0.1) is 21.4 Å². The van der Waals surface area contributed by atoms with Crippen molar-refractivity contribution in [3.8, 4) is 6.07 Å². The van der Waals surface area contributed by atoms with Crippen LogP contribution in [0.4, 0.5) is 11.5 Å². The maximum absolute atomic E-state index is 11.0. The largest absolute Gasteiger partial charge is 0.349 e. The van der Waals surface area contributed by atoms with Gasteiger partial charge in [0.15, 0.2) is 0 Å². The van der Waals surface area contributed by atoms with E-state index in [-0.39, 0.29) is 11.7 Å². The minimum Gasteiger partial charge on any atom is -0.349 e. The van der Waals surface area contributed by atoms with Gasteiger partial charge in [0.1, 0.15) is 5.82 Å². The molecular weight excluding hydrogens is 328 g/mol. The average molecular weight is 344 g/mol.